The van der Waals surface area contributed by atoms with Gasteiger partial charge in [0.15, 0.2) is 5.82 Å². The van der Waals surface area contributed by atoms with Gasteiger partial charge in [-0.25, -0.2) is 13.2 Å². The normalized spacial score (nSPS) is 23.3. The molecule has 10 nitrogen and oxygen atoms in total. The summed E-state index contributed by atoms with van der Waals surface area (Å²) < 4.78 is 38.2. The molecule has 0 aromatic carbocycles. The van der Waals surface area contributed by atoms with Gasteiger partial charge in [-0.2, -0.15) is 9.29 Å². The van der Waals surface area contributed by atoms with Crippen molar-refractivity contribution < 1.29 is 22.5 Å². The molecule has 0 bridgehead atoms. The summed E-state index contributed by atoms with van der Waals surface area (Å²) in [5.74, 6) is 1.75. The molecule has 3 fully saturated rings. The Labute approximate surface area is 177 Å². The molecule has 1 amide bonds. The Bertz CT molecular complexity index is 877. The lowest BCUT2D eigenvalue weighted by Crippen LogP contribution is -2.61. The number of hydrogen-bond acceptors (Lipinski definition) is 8. The number of likely N-dealkylation sites (tertiary alicyclic amines) is 1. The summed E-state index contributed by atoms with van der Waals surface area (Å²) in [6.45, 7) is 9.56. The molecule has 1 aromatic heterocycles. The highest BCUT2D eigenvalue weighted by Crippen LogP contribution is 2.39. The van der Waals surface area contributed by atoms with Gasteiger partial charge < -0.3 is 14.2 Å². The molecule has 1 aromatic rings. The Morgan fingerprint density at radius 3 is 2.37 bits per heavy atom. The van der Waals surface area contributed by atoms with Crippen molar-refractivity contribution in [3.8, 4) is 0 Å². The SMILES string of the molecule is CC(c1nc(C2CC2)no1)N1CC(S(=O)(=O)N2CCN(C(=O)OC(C)(C)C)CC2)C1. The lowest BCUT2D eigenvalue weighted by molar-refractivity contribution is 0.0190. The number of aromatic nitrogens is 2. The van der Waals surface area contributed by atoms with Gasteiger partial charge in [-0.1, -0.05) is 5.16 Å². The first-order chi connectivity index (χ1) is 14.0. The number of hydrogen-bond donors (Lipinski definition) is 0. The van der Waals surface area contributed by atoms with Crippen molar-refractivity contribution in [1.82, 2.24) is 24.2 Å². The average Bonchev–Trinajstić information content (AvgIpc) is 3.35. The summed E-state index contributed by atoms with van der Waals surface area (Å²) >= 11 is 0. The van der Waals surface area contributed by atoms with Gasteiger partial charge in [-0.3, -0.25) is 4.90 Å². The van der Waals surface area contributed by atoms with Crippen LogP contribution in [0.25, 0.3) is 0 Å². The standard InChI is InChI=1S/C19H31N5O5S/c1-13(17-20-16(21-29-17)14-5-6-14)23-11-15(12-23)30(26,27)24-9-7-22(8-10-24)18(25)28-19(2,3)4/h13-15H,5-12H2,1-4H3. The second-order valence-electron chi connectivity index (χ2n) is 9.43. The van der Waals surface area contributed by atoms with Crippen LogP contribution in [0.3, 0.4) is 0 Å². The summed E-state index contributed by atoms with van der Waals surface area (Å²) in [5, 5.41) is 3.60. The third kappa shape index (κ3) is 4.47. The zero-order chi connectivity index (χ0) is 21.7. The molecule has 168 valence electrons. The molecule has 11 heteroatoms. The first-order valence-corrected chi connectivity index (χ1v) is 12.1. The van der Waals surface area contributed by atoms with E-state index in [1.807, 2.05) is 32.6 Å². The van der Waals surface area contributed by atoms with Gasteiger partial charge in [0.1, 0.15) is 10.9 Å². The largest absolute Gasteiger partial charge is 0.444 e. The molecule has 2 saturated heterocycles. The molecule has 1 atom stereocenters. The molecular weight excluding hydrogens is 410 g/mol. The molecule has 1 unspecified atom stereocenters. The molecule has 3 aliphatic rings. The minimum atomic E-state index is -3.41. The predicted molar refractivity (Wildman–Crippen MR) is 108 cm³/mol. The van der Waals surface area contributed by atoms with E-state index in [1.165, 1.54) is 4.31 Å². The van der Waals surface area contributed by atoms with E-state index in [0.29, 0.717) is 51.1 Å². The number of piperazine rings is 1. The Morgan fingerprint density at radius 2 is 1.80 bits per heavy atom. The fourth-order valence-electron chi connectivity index (χ4n) is 3.72. The minimum Gasteiger partial charge on any atom is -0.444 e. The molecule has 1 saturated carbocycles. The zero-order valence-corrected chi connectivity index (χ0v) is 18.9. The highest BCUT2D eigenvalue weighted by molar-refractivity contribution is 7.89. The summed E-state index contributed by atoms with van der Waals surface area (Å²) in [7, 11) is -3.41. The fourth-order valence-corrected chi connectivity index (χ4v) is 5.57. The topological polar surface area (TPSA) is 109 Å². The Kier molecular flexibility index (Phi) is 5.56. The van der Waals surface area contributed by atoms with Crippen LogP contribution in [-0.4, -0.2) is 88.9 Å². The maximum Gasteiger partial charge on any atom is 0.410 e. The number of amides is 1. The van der Waals surface area contributed by atoms with Crippen LogP contribution in [0.5, 0.6) is 0 Å². The molecule has 0 radical (unpaired) electrons. The summed E-state index contributed by atoms with van der Waals surface area (Å²) in [5.41, 5.74) is -0.565. The third-order valence-corrected chi connectivity index (χ3v) is 8.08. The van der Waals surface area contributed by atoms with Crippen molar-refractivity contribution in [1.29, 1.82) is 0 Å². The van der Waals surface area contributed by atoms with Crippen LogP contribution < -0.4 is 0 Å². The van der Waals surface area contributed by atoms with Crippen molar-refractivity contribution in [3.05, 3.63) is 11.7 Å². The van der Waals surface area contributed by atoms with E-state index in [-0.39, 0.29) is 6.04 Å². The van der Waals surface area contributed by atoms with E-state index in [9.17, 15) is 13.2 Å². The molecule has 4 rings (SSSR count). The van der Waals surface area contributed by atoms with Gasteiger partial charge in [-0.05, 0) is 40.5 Å². The van der Waals surface area contributed by atoms with E-state index in [0.717, 1.165) is 18.7 Å². The molecule has 30 heavy (non-hydrogen) atoms. The number of carbonyl (C=O) groups excluding carboxylic acids is 1. The van der Waals surface area contributed by atoms with Crippen LogP contribution in [0.15, 0.2) is 4.52 Å². The van der Waals surface area contributed by atoms with Crippen LogP contribution in [0.1, 0.15) is 64.2 Å². The predicted octanol–water partition coefficient (Wildman–Crippen LogP) is 1.57. The number of sulfonamides is 1. The summed E-state index contributed by atoms with van der Waals surface area (Å²) in [6, 6.07) is -0.0968. The van der Waals surface area contributed by atoms with Gasteiger partial charge in [0.05, 0.1) is 6.04 Å². The highest BCUT2D eigenvalue weighted by Gasteiger charge is 2.45. The van der Waals surface area contributed by atoms with Crippen LogP contribution >= 0.6 is 0 Å². The second kappa shape index (κ2) is 7.76. The monoisotopic (exact) mass is 441 g/mol. The number of rotatable bonds is 5. The quantitative estimate of drug-likeness (QED) is 0.677. The lowest BCUT2D eigenvalue weighted by atomic mass is 10.1. The molecule has 0 spiro atoms. The van der Waals surface area contributed by atoms with Crippen LogP contribution in [0.4, 0.5) is 4.79 Å². The van der Waals surface area contributed by atoms with Gasteiger partial charge in [-0.15, -0.1) is 0 Å². The number of nitrogens with zero attached hydrogens (tertiary/aromatic N) is 5. The fraction of sp³-hybridized carbons (Fsp3) is 0.842. The maximum absolute atomic E-state index is 13.0. The molecular formula is C19H31N5O5S. The van der Waals surface area contributed by atoms with E-state index >= 15 is 0 Å². The Morgan fingerprint density at radius 1 is 1.17 bits per heavy atom. The zero-order valence-electron chi connectivity index (χ0n) is 18.1. The Hall–Kier alpha value is -1.72. The second-order valence-corrected chi connectivity index (χ2v) is 11.6. The van der Waals surface area contributed by atoms with E-state index in [4.69, 9.17) is 9.26 Å². The first kappa shape index (κ1) is 21.5. The average molecular weight is 442 g/mol. The third-order valence-electron chi connectivity index (χ3n) is 5.85. The van der Waals surface area contributed by atoms with Gasteiger partial charge in [0.25, 0.3) is 0 Å². The first-order valence-electron chi connectivity index (χ1n) is 10.6. The van der Waals surface area contributed by atoms with Gasteiger partial charge in [0.2, 0.25) is 15.9 Å². The minimum absolute atomic E-state index is 0.0968. The van der Waals surface area contributed by atoms with Crippen LogP contribution in [0, 0.1) is 0 Å². The van der Waals surface area contributed by atoms with E-state index in [1.54, 1.807) is 4.90 Å². The van der Waals surface area contributed by atoms with Crippen molar-refractivity contribution in [2.45, 2.75) is 63.3 Å². The highest BCUT2D eigenvalue weighted by atomic mass is 32.2. The number of carbonyl (C=O) groups is 1. The summed E-state index contributed by atoms with van der Waals surface area (Å²) in [4.78, 5) is 20.3. The van der Waals surface area contributed by atoms with Crippen molar-refractivity contribution in [3.63, 3.8) is 0 Å². The van der Waals surface area contributed by atoms with E-state index < -0.39 is 27.0 Å². The molecule has 1 aliphatic carbocycles. The molecule has 3 heterocycles. The molecule has 0 N–H and O–H groups in total. The van der Waals surface area contributed by atoms with Gasteiger partial charge >= 0.3 is 6.09 Å². The van der Waals surface area contributed by atoms with Crippen LogP contribution in [0.2, 0.25) is 0 Å². The maximum atomic E-state index is 13.0. The van der Waals surface area contributed by atoms with Crippen molar-refractivity contribution in [2.75, 3.05) is 39.3 Å². The smallest absolute Gasteiger partial charge is 0.410 e. The summed E-state index contributed by atoms with van der Waals surface area (Å²) in [6.07, 6.45) is 1.82. The van der Waals surface area contributed by atoms with Crippen molar-refractivity contribution >= 4 is 16.1 Å². The van der Waals surface area contributed by atoms with Gasteiger partial charge in [0, 0.05) is 45.2 Å². The number of ether oxygens (including phenoxy) is 1. The lowest BCUT2D eigenvalue weighted by Gasteiger charge is -2.44. The Balaban J connectivity index is 1.27. The van der Waals surface area contributed by atoms with E-state index in [2.05, 4.69) is 10.1 Å². The van der Waals surface area contributed by atoms with Crippen molar-refractivity contribution in [2.24, 2.45) is 0 Å². The molecule has 2 aliphatic heterocycles. The van der Waals surface area contributed by atoms with Crippen LogP contribution in [-0.2, 0) is 14.8 Å².